The fourth-order valence-corrected chi connectivity index (χ4v) is 1.59. The van der Waals surface area contributed by atoms with Crippen molar-refractivity contribution >= 4 is 34.2 Å². The third-order valence-corrected chi connectivity index (χ3v) is 2.58. The number of halogens is 1. The Labute approximate surface area is 131 Å². The van der Waals surface area contributed by atoms with Crippen LogP contribution in [0.1, 0.15) is 29.8 Å². The van der Waals surface area contributed by atoms with Gasteiger partial charge in [0.2, 0.25) is 0 Å². The van der Waals surface area contributed by atoms with Crippen molar-refractivity contribution in [3.05, 3.63) is 39.4 Å². The Morgan fingerprint density at radius 2 is 2.00 bits per heavy atom. The van der Waals surface area contributed by atoms with Crippen LogP contribution in [-0.2, 0) is 10.2 Å². The van der Waals surface area contributed by atoms with Crippen LogP contribution in [0, 0.1) is 21.4 Å². The highest BCUT2D eigenvalue weighted by molar-refractivity contribution is 14.1. The minimum atomic E-state index is -1.02. The van der Waals surface area contributed by atoms with Gasteiger partial charge in [0.05, 0.1) is 23.5 Å². The van der Waals surface area contributed by atoms with Crippen molar-refractivity contribution in [1.29, 1.82) is 5.26 Å². The lowest BCUT2D eigenvalue weighted by Crippen LogP contribution is -2.20. The number of methoxy groups -OCH3 is 1. The summed E-state index contributed by atoms with van der Waals surface area (Å²) >= 11 is 2.15. The first-order valence-electron chi connectivity index (χ1n) is 5.50. The predicted molar refractivity (Wildman–Crippen MR) is 83.0 cm³/mol. The molecule has 0 aliphatic rings. The number of nitro groups is 1. The maximum absolute atomic E-state index is 11.7. The Kier molecular flexibility index (Phi) is 7.13. The van der Waals surface area contributed by atoms with Crippen LogP contribution in [0.3, 0.4) is 0 Å². The number of hydrogen-bond acceptors (Lipinski definition) is 5. The summed E-state index contributed by atoms with van der Waals surface area (Å²) in [7, 11) is 1.14. The quantitative estimate of drug-likeness (QED) is 0.260. The van der Waals surface area contributed by atoms with E-state index in [1.165, 1.54) is 18.2 Å². The number of hydrogen-bond donors (Lipinski definition) is 0. The van der Waals surface area contributed by atoms with Crippen molar-refractivity contribution in [1.82, 2.24) is 0 Å². The number of alkyl halides is 1. The van der Waals surface area contributed by atoms with Gasteiger partial charge in [-0.05, 0) is 24.3 Å². The highest BCUT2D eigenvalue weighted by Crippen LogP contribution is 2.32. The van der Waals surface area contributed by atoms with Crippen LogP contribution in [0.4, 0.5) is 5.69 Å². The zero-order valence-corrected chi connectivity index (χ0v) is 13.8. The molecule has 0 saturated carbocycles. The molecule has 0 fully saturated rings. The molecule has 0 amide bonds. The average Bonchev–Trinajstić information content (AvgIpc) is 2.47. The molecule has 0 aromatic heterocycles. The highest BCUT2D eigenvalue weighted by atomic mass is 127. The van der Waals surface area contributed by atoms with Crippen molar-refractivity contribution in [3.63, 3.8) is 0 Å². The number of nitriles is 1. The summed E-state index contributed by atoms with van der Waals surface area (Å²) in [6, 6.07) is 6.18. The number of benzene rings is 1. The summed E-state index contributed by atoms with van der Waals surface area (Å²) in [5, 5.41) is 20.0. The molecule has 0 bridgehead atoms. The average molecular weight is 390 g/mol. The summed E-state index contributed by atoms with van der Waals surface area (Å²) in [6.45, 7) is 3.16. The summed E-state index contributed by atoms with van der Waals surface area (Å²) in [4.78, 5) is 23.9. The van der Waals surface area contributed by atoms with Gasteiger partial charge in [0, 0.05) is 6.07 Å². The first-order chi connectivity index (χ1) is 9.35. The molecular formula is C13H15IN2O4. The number of nitrogens with zero attached hydrogens (tertiary/aromatic N) is 2. The van der Waals surface area contributed by atoms with E-state index >= 15 is 0 Å². The molecule has 1 rings (SSSR count). The minimum Gasteiger partial charge on any atom is -0.465 e. The number of carbonyl (C=O) groups is 1. The number of carbonyl (C=O) groups excluding carboxylic acids is 1. The van der Waals surface area contributed by atoms with Gasteiger partial charge >= 0.3 is 5.97 Å². The van der Waals surface area contributed by atoms with Crippen molar-refractivity contribution < 1.29 is 14.5 Å². The number of ether oxygens (including phenoxy) is 1. The molecule has 0 atom stereocenters. The molecule has 0 saturated heterocycles. The Morgan fingerprint density at radius 3 is 2.40 bits per heavy atom. The lowest BCUT2D eigenvalue weighted by molar-refractivity contribution is -0.385. The van der Waals surface area contributed by atoms with E-state index in [1.807, 2.05) is 11.0 Å². The molecule has 0 spiro atoms. The molecule has 0 aliphatic carbocycles. The van der Waals surface area contributed by atoms with E-state index in [1.54, 1.807) is 13.8 Å². The van der Waals surface area contributed by atoms with Gasteiger partial charge in [-0.2, -0.15) is 5.26 Å². The van der Waals surface area contributed by atoms with Gasteiger partial charge in [0.1, 0.15) is 5.56 Å². The predicted octanol–water partition coefficient (Wildman–Crippen LogP) is 3.23. The SMILES string of the molecule is CI.COC(=O)c1c([N+](=O)[O-])cccc1C(C)(C)C#N. The molecule has 0 radical (unpaired) electrons. The summed E-state index contributed by atoms with van der Waals surface area (Å²) in [5.74, 6) is -0.819. The van der Waals surface area contributed by atoms with Gasteiger partial charge < -0.3 is 4.74 Å². The number of nitro benzene ring substituents is 1. The lowest BCUT2D eigenvalue weighted by atomic mass is 9.82. The Hall–Kier alpha value is -1.69. The van der Waals surface area contributed by atoms with Crippen LogP contribution >= 0.6 is 22.6 Å². The van der Waals surface area contributed by atoms with E-state index < -0.39 is 16.3 Å². The Bertz CT molecular complexity index is 550. The van der Waals surface area contributed by atoms with Gasteiger partial charge in [-0.15, -0.1) is 0 Å². The zero-order chi connectivity index (χ0) is 15.9. The molecule has 108 valence electrons. The standard InChI is InChI=1S/C12H12N2O4.CH3I/c1-12(2,7-13)8-5-4-6-9(14(16)17)10(8)11(15)18-3;1-2/h4-6H,1-3H3;1H3. The largest absolute Gasteiger partial charge is 0.465 e. The number of rotatable bonds is 3. The van der Waals surface area contributed by atoms with Gasteiger partial charge in [-0.3, -0.25) is 10.1 Å². The van der Waals surface area contributed by atoms with Gasteiger partial charge in [0.15, 0.2) is 0 Å². The van der Waals surface area contributed by atoms with Crippen molar-refractivity contribution in [2.24, 2.45) is 0 Å². The van der Waals surface area contributed by atoms with Crippen molar-refractivity contribution in [3.8, 4) is 6.07 Å². The molecule has 7 heteroatoms. The molecule has 6 nitrogen and oxygen atoms in total. The van der Waals surface area contributed by atoms with E-state index in [4.69, 9.17) is 5.26 Å². The maximum atomic E-state index is 11.7. The minimum absolute atomic E-state index is 0.170. The van der Waals surface area contributed by atoms with E-state index in [9.17, 15) is 14.9 Å². The second kappa shape index (κ2) is 7.79. The highest BCUT2D eigenvalue weighted by Gasteiger charge is 2.32. The molecule has 1 aromatic carbocycles. The topological polar surface area (TPSA) is 93.2 Å². The molecule has 0 aliphatic heterocycles. The van der Waals surface area contributed by atoms with E-state index in [0.29, 0.717) is 0 Å². The van der Waals surface area contributed by atoms with Crippen LogP contribution in [0.5, 0.6) is 0 Å². The zero-order valence-electron chi connectivity index (χ0n) is 11.6. The lowest BCUT2D eigenvalue weighted by Gasteiger charge is -2.18. The molecule has 20 heavy (non-hydrogen) atoms. The van der Waals surface area contributed by atoms with E-state index in [2.05, 4.69) is 27.3 Å². The molecular weight excluding hydrogens is 375 g/mol. The second-order valence-electron chi connectivity index (χ2n) is 4.19. The molecule has 0 N–H and O–H groups in total. The molecule has 0 heterocycles. The summed E-state index contributed by atoms with van der Waals surface area (Å²) < 4.78 is 4.55. The Balaban J connectivity index is 0.00000172. The van der Waals surface area contributed by atoms with Crippen molar-refractivity contribution in [2.45, 2.75) is 19.3 Å². The first-order valence-corrected chi connectivity index (χ1v) is 7.66. The third kappa shape index (κ3) is 3.90. The van der Waals surface area contributed by atoms with Crippen LogP contribution in [0.15, 0.2) is 18.2 Å². The van der Waals surface area contributed by atoms with Crippen molar-refractivity contribution in [2.75, 3.05) is 12.0 Å². The van der Waals surface area contributed by atoms with Gasteiger partial charge in [-0.1, -0.05) is 34.7 Å². The van der Waals surface area contributed by atoms with Crippen LogP contribution in [-0.4, -0.2) is 22.9 Å². The summed E-state index contributed by atoms with van der Waals surface area (Å²) in [5.41, 5.74) is -1.26. The first kappa shape index (κ1) is 18.3. The van der Waals surface area contributed by atoms with Gasteiger partial charge in [0.25, 0.3) is 5.69 Å². The van der Waals surface area contributed by atoms with E-state index in [0.717, 1.165) is 7.11 Å². The molecule has 0 unspecified atom stereocenters. The van der Waals surface area contributed by atoms with Crippen LogP contribution in [0.25, 0.3) is 0 Å². The van der Waals surface area contributed by atoms with E-state index in [-0.39, 0.29) is 16.8 Å². The smallest absolute Gasteiger partial charge is 0.345 e. The maximum Gasteiger partial charge on any atom is 0.345 e. The monoisotopic (exact) mass is 390 g/mol. The number of esters is 1. The van der Waals surface area contributed by atoms with Crippen LogP contribution < -0.4 is 0 Å². The normalized spacial score (nSPS) is 9.80. The summed E-state index contributed by atoms with van der Waals surface area (Å²) in [6.07, 6.45) is 0. The van der Waals surface area contributed by atoms with Crippen LogP contribution in [0.2, 0.25) is 0 Å². The Morgan fingerprint density at radius 1 is 1.45 bits per heavy atom. The fraction of sp³-hybridized carbons (Fsp3) is 0.385. The molecule has 1 aromatic rings. The van der Waals surface area contributed by atoms with Gasteiger partial charge in [-0.25, -0.2) is 4.79 Å². The second-order valence-corrected chi connectivity index (χ2v) is 4.19. The fourth-order valence-electron chi connectivity index (χ4n) is 1.59. The third-order valence-electron chi connectivity index (χ3n) is 2.58.